The Morgan fingerprint density at radius 3 is 2.35 bits per heavy atom. The second-order valence-corrected chi connectivity index (χ2v) is 6.76. The Hall–Kier alpha value is -0.960. The van der Waals surface area contributed by atoms with E-state index in [1.54, 1.807) is 0 Å². The summed E-state index contributed by atoms with van der Waals surface area (Å²) in [5.41, 5.74) is -0.167. The standard InChI is InChI=1S/C10H5BrCl2FN3O2S/c11-6-2-1-5(3-7(6)14)20(18,19)17-8-9(12)15-4-16-10(8)13/h1-4,17H. The molecule has 1 N–H and O–H groups in total. The summed E-state index contributed by atoms with van der Waals surface area (Å²) in [6, 6.07) is 3.35. The van der Waals surface area contributed by atoms with Gasteiger partial charge in [0.2, 0.25) is 0 Å². The van der Waals surface area contributed by atoms with Crippen LogP contribution in [0.15, 0.2) is 33.9 Å². The lowest BCUT2D eigenvalue weighted by atomic mass is 10.3. The molecule has 0 aliphatic carbocycles. The van der Waals surface area contributed by atoms with Crippen molar-refractivity contribution < 1.29 is 12.8 Å². The molecule has 0 bridgehead atoms. The van der Waals surface area contributed by atoms with Gasteiger partial charge in [-0.15, -0.1) is 0 Å². The van der Waals surface area contributed by atoms with Crippen LogP contribution < -0.4 is 4.72 Å². The normalized spacial score (nSPS) is 11.4. The number of nitrogens with one attached hydrogen (secondary N) is 1. The van der Waals surface area contributed by atoms with Gasteiger partial charge in [0.25, 0.3) is 10.0 Å². The van der Waals surface area contributed by atoms with E-state index in [0.717, 1.165) is 12.4 Å². The van der Waals surface area contributed by atoms with Crippen LogP contribution >= 0.6 is 39.1 Å². The Kier molecular flexibility index (Phi) is 4.48. The van der Waals surface area contributed by atoms with Crippen molar-refractivity contribution in [2.24, 2.45) is 0 Å². The molecule has 0 saturated carbocycles. The monoisotopic (exact) mass is 399 g/mol. The highest BCUT2D eigenvalue weighted by atomic mass is 79.9. The SMILES string of the molecule is O=S(=O)(Nc1c(Cl)ncnc1Cl)c1ccc(Br)c(F)c1. The van der Waals surface area contributed by atoms with Crippen LogP contribution in [-0.2, 0) is 10.0 Å². The maximum Gasteiger partial charge on any atom is 0.262 e. The van der Waals surface area contributed by atoms with Crippen molar-refractivity contribution in [2.45, 2.75) is 4.90 Å². The number of sulfonamides is 1. The molecule has 0 saturated heterocycles. The lowest BCUT2D eigenvalue weighted by Crippen LogP contribution is -2.14. The lowest BCUT2D eigenvalue weighted by Gasteiger charge is -2.10. The number of hydrogen-bond acceptors (Lipinski definition) is 4. The van der Waals surface area contributed by atoms with Crippen molar-refractivity contribution in [3.05, 3.63) is 45.1 Å². The van der Waals surface area contributed by atoms with E-state index in [-0.39, 0.29) is 25.4 Å². The van der Waals surface area contributed by atoms with Crippen LogP contribution in [0, 0.1) is 5.82 Å². The first-order valence-corrected chi connectivity index (χ1v) is 7.98. The Morgan fingerprint density at radius 1 is 1.20 bits per heavy atom. The zero-order chi connectivity index (χ0) is 14.9. The molecule has 0 unspecified atom stereocenters. The van der Waals surface area contributed by atoms with E-state index in [0.29, 0.717) is 0 Å². The number of aromatic nitrogens is 2. The van der Waals surface area contributed by atoms with Crippen molar-refractivity contribution >= 4 is 54.8 Å². The Labute approximate surface area is 132 Å². The fourth-order valence-electron chi connectivity index (χ4n) is 1.27. The summed E-state index contributed by atoms with van der Waals surface area (Å²) in [5.74, 6) is -0.714. The highest BCUT2D eigenvalue weighted by Crippen LogP contribution is 2.29. The van der Waals surface area contributed by atoms with Gasteiger partial charge < -0.3 is 0 Å². The fraction of sp³-hybridized carbons (Fsp3) is 0. The molecule has 0 aliphatic rings. The van der Waals surface area contributed by atoms with E-state index in [2.05, 4.69) is 30.6 Å². The summed E-state index contributed by atoms with van der Waals surface area (Å²) in [5, 5.41) is -0.322. The molecule has 20 heavy (non-hydrogen) atoms. The molecule has 0 amide bonds. The Morgan fingerprint density at radius 2 is 1.80 bits per heavy atom. The van der Waals surface area contributed by atoms with Gasteiger partial charge in [0.1, 0.15) is 17.8 Å². The van der Waals surface area contributed by atoms with E-state index in [1.165, 1.54) is 12.1 Å². The van der Waals surface area contributed by atoms with Crippen LogP contribution in [0.2, 0.25) is 10.3 Å². The highest BCUT2D eigenvalue weighted by molar-refractivity contribution is 9.10. The minimum Gasteiger partial charge on any atom is -0.274 e. The van der Waals surface area contributed by atoms with Gasteiger partial charge in [-0.2, -0.15) is 0 Å². The lowest BCUT2D eigenvalue weighted by molar-refractivity contribution is 0.593. The zero-order valence-electron chi connectivity index (χ0n) is 9.44. The summed E-state index contributed by atoms with van der Waals surface area (Å²) in [7, 11) is -4.06. The molecule has 0 spiro atoms. The van der Waals surface area contributed by atoms with Gasteiger partial charge in [0.15, 0.2) is 10.3 Å². The van der Waals surface area contributed by atoms with Crippen molar-refractivity contribution in [1.82, 2.24) is 9.97 Å². The first-order chi connectivity index (χ1) is 9.31. The largest absolute Gasteiger partial charge is 0.274 e. The molecule has 106 valence electrons. The molecule has 0 fully saturated rings. The summed E-state index contributed by atoms with van der Waals surface area (Å²) >= 11 is 14.4. The van der Waals surface area contributed by atoms with Crippen molar-refractivity contribution in [3.63, 3.8) is 0 Å². The first kappa shape index (κ1) is 15.4. The van der Waals surface area contributed by atoms with Gasteiger partial charge in [-0.1, -0.05) is 23.2 Å². The van der Waals surface area contributed by atoms with Crippen LogP contribution in [0.5, 0.6) is 0 Å². The molecule has 1 heterocycles. The third kappa shape index (κ3) is 3.20. The molecular formula is C10H5BrCl2FN3O2S. The molecule has 10 heteroatoms. The molecule has 1 aromatic heterocycles. The average molecular weight is 401 g/mol. The summed E-state index contributed by atoms with van der Waals surface area (Å²) in [6.45, 7) is 0. The summed E-state index contributed by atoms with van der Waals surface area (Å²) in [4.78, 5) is 6.94. The molecule has 2 rings (SSSR count). The second-order valence-electron chi connectivity index (χ2n) is 3.51. The van der Waals surface area contributed by atoms with Gasteiger partial charge in [0, 0.05) is 0 Å². The first-order valence-electron chi connectivity index (χ1n) is 4.95. The molecule has 2 aromatic rings. The van der Waals surface area contributed by atoms with Gasteiger partial charge in [-0.05, 0) is 34.1 Å². The molecule has 0 atom stereocenters. The van der Waals surface area contributed by atoms with E-state index in [9.17, 15) is 12.8 Å². The van der Waals surface area contributed by atoms with Crippen LogP contribution in [0.3, 0.4) is 0 Å². The van der Waals surface area contributed by atoms with E-state index in [1.807, 2.05) is 0 Å². The smallest absolute Gasteiger partial charge is 0.262 e. The van der Waals surface area contributed by atoms with E-state index in [4.69, 9.17) is 23.2 Å². The van der Waals surface area contributed by atoms with Crippen molar-refractivity contribution in [3.8, 4) is 0 Å². The van der Waals surface area contributed by atoms with Crippen LogP contribution in [0.1, 0.15) is 0 Å². The predicted octanol–water partition coefficient (Wildman–Crippen LogP) is 3.49. The van der Waals surface area contributed by atoms with Gasteiger partial charge in [0.05, 0.1) is 9.37 Å². The number of nitrogens with zero attached hydrogens (tertiary/aromatic N) is 2. The Bertz CT molecular complexity index is 753. The topological polar surface area (TPSA) is 72.0 Å². The third-order valence-electron chi connectivity index (χ3n) is 2.19. The fourth-order valence-corrected chi connectivity index (χ4v) is 3.12. The number of anilines is 1. The number of hydrogen-bond donors (Lipinski definition) is 1. The van der Waals surface area contributed by atoms with Gasteiger partial charge >= 0.3 is 0 Å². The van der Waals surface area contributed by atoms with Gasteiger partial charge in [-0.25, -0.2) is 22.8 Å². The van der Waals surface area contributed by atoms with Gasteiger partial charge in [-0.3, -0.25) is 4.72 Å². The quantitative estimate of drug-likeness (QED) is 0.800. The second kappa shape index (κ2) is 5.80. The van der Waals surface area contributed by atoms with E-state index < -0.39 is 15.8 Å². The van der Waals surface area contributed by atoms with Crippen LogP contribution in [0.25, 0.3) is 0 Å². The minimum absolute atomic E-state index is 0.149. The molecule has 5 nitrogen and oxygen atoms in total. The molecule has 0 aliphatic heterocycles. The number of benzene rings is 1. The molecule has 0 radical (unpaired) electrons. The maximum atomic E-state index is 13.4. The Balaban J connectivity index is 2.43. The van der Waals surface area contributed by atoms with Crippen LogP contribution in [0.4, 0.5) is 10.1 Å². The van der Waals surface area contributed by atoms with Crippen LogP contribution in [-0.4, -0.2) is 18.4 Å². The molecule has 1 aromatic carbocycles. The summed E-state index contributed by atoms with van der Waals surface area (Å²) < 4.78 is 39.9. The number of halogens is 4. The van der Waals surface area contributed by atoms with Crippen molar-refractivity contribution in [1.29, 1.82) is 0 Å². The summed E-state index contributed by atoms with van der Waals surface area (Å²) in [6.07, 6.45) is 1.09. The highest BCUT2D eigenvalue weighted by Gasteiger charge is 2.20. The zero-order valence-corrected chi connectivity index (χ0v) is 13.4. The maximum absolute atomic E-state index is 13.4. The minimum atomic E-state index is -4.06. The van der Waals surface area contributed by atoms with Crippen molar-refractivity contribution in [2.75, 3.05) is 4.72 Å². The van der Waals surface area contributed by atoms with E-state index >= 15 is 0 Å². The predicted molar refractivity (Wildman–Crippen MR) is 77.0 cm³/mol. The third-order valence-corrected chi connectivity index (χ3v) is 4.76. The molecular weight excluding hydrogens is 396 g/mol. The average Bonchev–Trinajstić information content (AvgIpc) is 2.37. The number of rotatable bonds is 3.